The number of carboxylic acids is 1. The number of nitro groups is 1. The predicted octanol–water partition coefficient (Wildman–Crippen LogP) is 2.74. The van der Waals surface area contributed by atoms with Crippen molar-refractivity contribution in [2.45, 2.75) is 0 Å². The van der Waals surface area contributed by atoms with Gasteiger partial charge in [0.25, 0.3) is 5.69 Å². The molecule has 0 aromatic heterocycles. The van der Waals surface area contributed by atoms with Gasteiger partial charge in [-0.3, -0.25) is 15.5 Å². The van der Waals surface area contributed by atoms with Crippen LogP contribution in [-0.2, 0) is 0 Å². The monoisotopic (exact) mass is 285 g/mol. The van der Waals surface area contributed by atoms with Gasteiger partial charge < -0.3 is 5.11 Å². The van der Waals surface area contributed by atoms with Gasteiger partial charge in [0.05, 0.1) is 22.4 Å². The van der Waals surface area contributed by atoms with Crippen LogP contribution in [0, 0.1) is 10.1 Å². The first-order valence-electron chi connectivity index (χ1n) is 5.94. The topological polar surface area (TPSA) is 105 Å². The molecular weight excluding hydrogens is 274 g/mol. The zero-order chi connectivity index (χ0) is 15.2. The smallest absolute Gasteiger partial charge is 0.336 e. The molecule has 0 aliphatic rings. The number of aromatic carboxylic acids is 1. The molecule has 2 aromatic carbocycles. The fourth-order valence-corrected chi connectivity index (χ4v) is 1.64. The van der Waals surface area contributed by atoms with E-state index in [0.717, 1.165) is 0 Å². The first kappa shape index (κ1) is 14.2. The van der Waals surface area contributed by atoms with Gasteiger partial charge in [0.1, 0.15) is 0 Å². The van der Waals surface area contributed by atoms with Crippen LogP contribution < -0.4 is 5.43 Å². The van der Waals surface area contributed by atoms with Crippen molar-refractivity contribution in [2.24, 2.45) is 5.10 Å². The maximum atomic E-state index is 11.0. The van der Waals surface area contributed by atoms with Crippen LogP contribution >= 0.6 is 0 Å². The molecular formula is C14H11N3O4. The van der Waals surface area contributed by atoms with Gasteiger partial charge in [-0.1, -0.05) is 18.2 Å². The SMILES string of the molecule is O=C(O)c1ccccc1/C=N/Nc1ccc([N+](=O)[O-])cc1. The highest BCUT2D eigenvalue weighted by atomic mass is 16.6. The lowest BCUT2D eigenvalue weighted by Gasteiger charge is -2.01. The summed E-state index contributed by atoms with van der Waals surface area (Å²) in [6.45, 7) is 0. The van der Waals surface area contributed by atoms with Crippen LogP contribution in [0.1, 0.15) is 15.9 Å². The maximum absolute atomic E-state index is 11.0. The summed E-state index contributed by atoms with van der Waals surface area (Å²) in [5, 5.41) is 23.5. The molecule has 7 heteroatoms. The Bertz CT molecular complexity index is 696. The molecule has 0 bridgehead atoms. The number of anilines is 1. The van der Waals surface area contributed by atoms with Crippen molar-refractivity contribution in [1.29, 1.82) is 0 Å². The van der Waals surface area contributed by atoms with Crippen LogP contribution in [0.5, 0.6) is 0 Å². The van der Waals surface area contributed by atoms with E-state index in [9.17, 15) is 14.9 Å². The fourth-order valence-electron chi connectivity index (χ4n) is 1.64. The Labute approximate surface area is 119 Å². The number of nitrogens with one attached hydrogen (secondary N) is 1. The molecule has 0 unspecified atom stereocenters. The van der Waals surface area contributed by atoms with E-state index >= 15 is 0 Å². The summed E-state index contributed by atoms with van der Waals surface area (Å²) in [6.07, 6.45) is 1.38. The van der Waals surface area contributed by atoms with Gasteiger partial charge in [0.2, 0.25) is 0 Å². The van der Waals surface area contributed by atoms with Crippen LogP contribution in [0.2, 0.25) is 0 Å². The molecule has 2 rings (SSSR count). The Balaban J connectivity index is 2.09. The van der Waals surface area contributed by atoms with Gasteiger partial charge in [-0.2, -0.15) is 5.10 Å². The third kappa shape index (κ3) is 3.63. The lowest BCUT2D eigenvalue weighted by molar-refractivity contribution is -0.384. The number of benzene rings is 2. The lowest BCUT2D eigenvalue weighted by atomic mass is 10.1. The molecule has 0 saturated carbocycles. The van der Waals surface area contributed by atoms with E-state index in [-0.39, 0.29) is 11.3 Å². The molecule has 0 saturated heterocycles. The van der Waals surface area contributed by atoms with Crippen molar-refractivity contribution < 1.29 is 14.8 Å². The number of carboxylic acid groups (broad SMARTS) is 1. The second kappa shape index (κ2) is 6.29. The number of hydrazone groups is 1. The number of nitro benzene ring substituents is 1. The number of hydrogen-bond acceptors (Lipinski definition) is 5. The van der Waals surface area contributed by atoms with E-state index in [2.05, 4.69) is 10.5 Å². The second-order valence-electron chi connectivity index (χ2n) is 4.07. The van der Waals surface area contributed by atoms with Crippen LogP contribution in [0.4, 0.5) is 11.4 Å². The van der Waals surface area contributed by atoms with Crippen LogP contribution in [0.3, 0.4) is 0 Å². The van der Waals surface area contributed by atoms with Crippen LogP contribution in [0.15, 0.2) is 53.6 Å². The van der Waals surface area contributed by atoms with E-state index in [1.165, 1.54) is 36.5 Å². The quantitative estimate of drug-likeness (QED) is 0.499. The van der Waals surface area contributed by atoms with E-state index < -0.39 is 10.9 Å². The normalized spacial score (nSPS) is 10.5. The van der Waals surface area contributed by atoms with Gasteiger partial charge in [-0.05, 0) is 18.2 Å². The molecule has 0 radical (unpaired) electrons. The summed E-state index contributed by atoms with van der Waals surface area (Å²) in [5.74, 6) is -1.03. The zero-order valence-corrected chi connectivity index (χ0v) is 10.8. The zero-order valence-electron chi connectivity index (χ0n) is 10.8. The molecule has 0 atom stereocenters. The van der Waals surface area contributed by atoms with E-state index in [1.807, 2.05) is 0 Å². The molecule has 106 valence electrons. The Morgan fingerprint density at radius 1 is 1.19 bits per heavy atom. The Morgan fingerprint density at radius 2 is 1.86 bits per heavy atom. The van der Waals surface area contributed by atoms with Gasteiger partial charge in [-0.25, -0.2) is 4.79 Å². The van der Waals surface area contributed by atoms with Crippen molar-refractivity contribution in [3.63, 3.8) is 0 Å². The van der Waals surface area contributed by atoms with Crippen LogP contribution in [0.25, 0.3) is 0 Å². The Morgan fingerprint density at radius 3 is 2.48 bits per heavy atom. The molecule has 0 fully saturated rings. The van der Waals surface area contributed by atoms with Crippen LogP contribution in [-0.4, -0.2) is 22.2 Å². The maximum Gasteiger partial charge on any atom is 0.336 e. The highest BCUT2D eigenvalue weighted by molar-refractivity contribution is 5.98. The number of rotatable bonds is 5. The summed E-state index contributed by atoms with van der Waals surface area (Å²) in [6, 6.07) is 12.2. The molecule has 0 spiro atoms. The summed E-state index contributed by atoms with van der Waals surface area (Å²) < 4.78 is 0. The minimum Gasteiger partial charge on any atom is -0.478 e. The van der Waals surface area contributed by atoms with Crippen molar-refractivity contribution in [3.05, 3.63) is 69.8 Å². The van der Waals surface area contributed by atoms with Crippen molar-refractivity contribution in [2.75, 3.05) is 5.43 Å². The molecule has 2 N–H and O–H groups in total. The first-order valence-corrected chi connectivity index (χ1v) is 5.94. The fraction of sp³-hybridized carbons (Fsp3) is 0. The highest BCUT2D eigenvalue weighted by Gasteiger charge is 2.06. The van der Waals surface area contributed by atoms with Crippen molar-refractivity contribution in [1.82, 2.24) is 0 Å². The van der Waals surface area contributed by atoms with E-state index in [4.69, 9.17) is 5.11 Å². The minimum atomic E-state index is -1.03. The third-order valence-corrected chi connectivity index (χ3v) is 2.67. The lowest BCUT2D eigenvalue weighted by Crippen LogP contribution is -2.02. The first-order chi connectivity index (χ1) is 10.1. The summed E-state index contributed by atoms with van der Waals surface area (Å²) in [5.41, 5.74) is 3.83. The molecule has 0 aliphatic carbocycles. The third-order valence-electron chi connectivity index (χ3n) is 2.67. The van der Waals surface area contributed by atoms with E-state index in [0.29, 0.717) is 11.3 Å². The summed E-state index contributed by atoms with van der Waals surface area (Å²) in [7, 11) is 0. The minimum absolute atomic E-state index is 0.0132. The largest absolute Gasteiger partial charge is 0.478 e. The molecule has 0 amide bonds. The Hall–Kier alpha value is -3.22. The second-order valence-corrected chi connectivity index (χ2v) is 4.07. The molecule has 2 aromatic rings. The Kier molecular flexibility index (Phi) is 4.25. The number of carbonyl (C=O) groups is 1. The highest BCUT2D eigenvalue weighted by Crippen LogP contribution is 2.15. The van der Waals surface area contributed by atoms with Crippen molar-refractivity contribution in [3.8, 4) is 0 Å². The van der Waals surface area contributed by atoms with Gasteiger partial charge >= 0.3 is 5.97 Å². The predicted molar refractivity (Wildman–Crippen MR) is 77.7 cm³/mol. The average molecular weight is 285 g/mol. The molecule has 21 heavy (non-hydrogen) atoms. The van der Waals surface area contributed by atoms with Gasteiger partial charge in [0, 0.05) is 17.7 Å². The number of nitrogens with zero attached hydrogens (tertiary/aromatic N) is 2. The van der Waals surface area contributed by atoms with Gasteiger partial charge in [-0.15, -0.1) is 0 Å². The standard InChI is InChI=1S/C14H11N3O4/c18-14(19)13-4-2-1-3-10(13)9-15-16-11-5-7-12(8-6-11)17(20)21/h1-9,16H,(H,18,19)/b15-9+. The van der Waals surface area contributed by atoms with Gasteiger partial charge in [0.15, 0.2) is 0 Å². The molecule has 0 heterocycles. The molecule has 0 aliphatic heterocycles. The summed E-state index contributed by atoms with van der Waals surface area (Å²) >= 11 is 0. The van der Waals surface area contributed by atoms with Crippen molar-refractivity contribution >= 4 is 23.6 Å². The summed E-state index contributed by atoms with van der Waals surface area (Å²) in [4.78, 5) is 21.0. The number of non-ortho nitro benzene ring substituents is 1. The average Bonchev–Trinajstić information content (AvgIpc) is 2.48. The van der Waals surface area contributed by atoms with E-state index in [1.54, 1.807) is 18.2 Å². The molecule has 7 nitrogen and oxygen atoms in total. The number of hydrogen-bond donors (Lipinski definition) is 2.